The van der Waals surface area contributed by atoms with Crippen molar-refractivity contribution in [3.63, 3.8) is 0 Å². The summed E-state index contributed by atoms with van der Waals surface area (Å²) >= 11 is 7.87. The Labute approximate surface area is 116 Å². The molecule has 3 N–H and O–H groups in total. The van der Waals surface area contributed by atoms with Gasteiger partial charge in [0.1, 0.15) is 0 Å². The van der Waals surface area contributed by atoms with Crippen molar-refractivity contribution in [3.8, 4) is 0 Å². The first kappa shape index (κ1) is 13.1. The number of nitrogens with zero attached hydrogens (tertiary/aromatic N) is 1. The van der Waals surface area contributed by atoms with Crippen LogP contribution in [-0.4, -0.2) is 14.1 Å². The van der Waals surface area contributed by atoms with Crippen molar-refractivity contribution < 1.29 is 0 Å². The van der Waals surface area contributed by atoms with Crippen LogP contribution >= 0.6 is 22.9 Å². The third-order valence-corrected chi connectivity index (χ3v) is 3.89. The second kappa shape index (κ2) is 5.50. The molecule has 1 aromatic heterocycles. The molecule has 0 saturated heterocycles. The van der Waals surface area contributed by atoms with Gasteiger partial charge in [0.25, 0.3) is 0 Å². The summed E-state index contributed by atoms with van der Waals surface area (Å²) in [5, 5.41) is 6.12. The molecule has 0 aliphatic carbocycles. The molecule has 0 radical (unpaired) electrons. The molecule has 1 heterocycles. The first-order valence-electron chi connectivity index (χ1n) is 5.61. The van der Waals surface area contributed by atoms with Gasteiger partial charge in [-0.25, -0.2) is 0 Å². The predicted octanol–water partition coefficient (Wildman–Crippen LogP) is 3.66. The van der Waals surface area contributed by atoms with Gasteiger partial charge in [0.2, 0.25) is 0 Å². The minimum absolute atomic E-state index is 0.713. The van der Waals surface area contributed by atoms with Gasteiger partial charge in [-0.05, 0) is 23.6 Å². The van der Waals surface area contributed by atoms with Crippen molar-refractivity contribution in [2.75, 3.05) is 30.0 Å². The molecule has 0 amide bonds. The van der Waals surface area contributed by atoms with E-state index in [4.69, 9.17) is 17.3 Å². The Balaban J connectivity index is 2.19. The van der Waals surface area contributed by atoms with Crippen molar-refractivity contribution in [1.29, 1.82) is 0 Å². The summed E-state index contributed by atoms with van der Waals surface area (Å²) in [5.74, 6) is 0. The van der Waals surface area contributed by atoms with Crippen LogP contribution in [0.25, 0.3) is 0 Å². The second-order valence-electron chi connectivity index (χ2n) is 4.18. The molecule has 0 aliphatic heterocycles. The van der Waals surface area contributed by atoms with E-state index in [1.54, 1.807) is 11.3 Å². The fraction of sp³-hybridized carbons (Fsp3) is 0.231. The van der Waals surface area contributed by atoms with Gasteiger partial charge in [0.15, 0.2) is 0 Å². The third kappa shape index (κ3) is 2.71. The standard InChI is InChI=1S/C13H16ClN3S/c1-17(2)13-9(14)4-3-5-11(13)16-8-12-10(15)6-7-18-12/h3-7,16H,8,15H2,1-2H3. The Bertz CT molecular complexity index is 537. The van der Waals surface area contributed by atoms with Crippen LogP contribution in [0.15, 0.2) is 29.6 Å². The van der Waals surface area contributed by atoms with Gasteiger partial charge >= 0.3 is 0 Å². The lowest BCUT2D eigenvalue weighted by Gasteiger charge is -2.19. The number of hydrogen-bond donors (Lipinski definition) is 2. The van der Waals surface area contributed by atoms with Gasteiger partial charge in [-0.15, -0.1) is 11.3 Å². The van der Waals surface area contributed by atoms with Crippen molar-refractivity contribution in [1.82, 2.24) is 0 Å². The topological polar surface area (TPSA) is 41.3 Å². The zero-order valence-electron chi connectivity index (χ0n) is 10.4. The molecule has 3 nitrogen and oxygen atoms in total. The third-order valence-electron chi connectivity index (χ3n) is 2.65. The molecule has 0 unspecified atom stereocenters. The number of benzene rings is 1. The Hall–Kier alpha value is -1.39. The number of para-hydroxylation sites is 1. The molecule has 5 heteroatoms. The second-order valence-corrected chi connectivity index (χ2v) is 5.59. The van der Waals surface area contributed by atoms with E-state index >= 15 is 0 Å². The maximum Gasteiger partial charge on any atom is 0.0786 e. The van der Waals surface area contributed by atoms with E-state index in [2.05, 4.69) is 5.32 Å². The number of rotatable bonds is 4. The highest BCUT2D eigenvalue weighted by Crippen LogP contribution is 2.33. The Morgan fingerprint density at radius 1 is 1.33 bits per heavy atom. The van der Waals surface area contributed by atoms with E-state index in [9.17, 15) is 0 Å². The van der Waals surface area contributed by atoms with Gasteiger partial charge in [-0.3, -0.25) is 0 Å². The van der Waals surface area contributed by atoms with Crippen molar-refractivity contribution >= 4 is 40.0 Å². The van der Waals surface area contributed by atoms with E-state index in [-0.39, 0.29) is 0 Å². The lowest BCUT2D eigenvalue weighted by atomic mass is 10.2. The normalized spacial score (nSPS) is 10.4. The van der Waals surface area contributed by atoms with E-state index in [1.165, 1.54) is 0 Å². The summed E-state index contributed by atoms with van der Waals surface area (Å²) in [4.78, 5) is 3.14. The molecule has 0 bridgehead atoms. The minimum Gasteiger partial charge on any atom is -0.398 e. The smallest absolute Gasteiger partial charge is 0.0786 e. The van der Waals surface area contributed by atoms with E-state index in [0.29, 0.717) is 6.54 Å². The summed E-state index contributed by atoms with van der Waals surface area (Å²) in [5.41, 5.74) is 8.71. The van der Waals surface area contributed by atoms with E-state index in [1.807, 2.05) is 48.6 Å². The molecule has 0 spiro atoms. The molecule has 0 fully saturated rings. The highest BCUT2D eigenvalue weighted by molar-refractivity contribution is 7.10. The van der Waals surface area contributed by atoms with Crippen molar-refractivity contribution in [3.05, 3.63) is 39.5 Å². The summed E-state index contributed by atoms with van der Waals surface area (Å²) < 4.78 is 0. The first-order valence-corrected chi connectivity index (χ1v) is 6.87. The van der Waals surface area contributed by atoms with E-state index < -0.39 is 0 Å². The molecule has 18 heavy (non-hydrogen) atoms. The maximum absolute atomic E-state index is 6.21. The highest BCUT2D eigenvalue weighted by atomic mass is 35.5. The molecule has 2 rings (SSSR count). The fourth-order valence-corrected chi connectivity index (χ4v) is 2.86. The van der Waals surface area contributed by atoms with Gasteiger partial charge in [-0.1, -0.05) is 17.7 Å². The minimum atomic E-state index is 0.713. The highest BCUT2D eigenvalue weighted by Gasteiger charge is 2.09. The monoisotopic (exact) mass is 281 g/mol. The number of nitrogens with two attached hydrogens (primary N) is 1. The van der Waals surface area contributed by atoms with Crippen LogP contribution in [0.3, 0.4) is 0 Å². The summed E-state index contributed by atoms with van der Waals surface area (Å²) in [6.07, 6.45) is 0. The molecular weight excluding hydrogens is 266 g/mol. The van der Waals surface area contributed by atoms with Crippen molar-refractivity contribution in [2.45, 2.75) is 6.54 Å². The largest absolute Gasteiger partial charge is 0.398 e. The molecule has 0 aliphatic rings. The summed E-state index contributed by atoms with van der Waals surface area (Å²) in [6.45, 7) is 0.713. The first-order chi connectivity index (χ1) is 8.59. The van der Waals surface area contributed by atoms with Crippen LogP contribution in [0.1, 0.15) is 4.88 Å². The molecule has 96 valence electrons. The number of nitrogen functional groups attached to an aromatic ring is 1. The average Bonchev–Trinajstić information content (AvgIpc) is 2.71. The Morgan fingerprint density at radius 3 is 2.72 bits per heavy atom. The Kier molecular flexibility index (Phi) is 3.99. The van der Waals surface area contributed by atoms with Gasteiger partial charge in [0.05, 0.1) is 22.9 Å². The van der Waals surface area contributed by atoms with Gasteiger partial charge in [0, 0.05) is 24.7 Å². The zero-order valence-corrected chi connectivity index (χ0v) is 12.0. The number of anilines is 3. The quantitative estimate of drug-likeness (QED) is 0.899. The van der Waals surface area contributed by atoms with Crippen LogP contribution in [0.5, 0.6) is 0 Å². The Morgan fingerprint density at radius 2 is 2.11 bits per heavy atom. The van der Waals surface area contributed by atoms with Crippen LogP contribution in [0.4, 0.5) is 17.1 Å². The van der Waals surface area contributed by atoms with Crippen LogP contribution in [0, 0.1) is 0 Å². The SMILES string of the molecule is CN(C)c1c(Cl)cccc1NCc1sccc1N. The lowest BCUT2D eigenvalue weighted by molar-refractivity contribution is 1.11. The summed E-state index contributed by atoms with van der Waals surface area (Å²) in [6, 6.07) is 7.77. The molecule has 0 saturated carbocycles. The van der Waals surface area contributed by atoms with Crippen LogP contribution < -0.4 is 16.0 Å². The van der Waals surface area contributed by atoms with Gasteiger partial charge in [-0.2, -0.15) is 0 Å². The predicted molar refractivity (Wildman–Crippen MR) is 81.8 cm³/mol. The van der Waals surface area contributed by atoms with Gasteiger partial charge < -0.3 is 16.0 Å². The lowest BCUT2D eigenvalue weighted by Crippen LogP contribution is -2.12. The number of hydrogen-bond acceptors (Lipinski definition) is 4. The fourth-order valence-electron chi connectivity index (χ4n) is 1.78. The maximum atomic E-state index is 6.21. The number of nitrogens with one attached hydrogen (secondary N) is 1. The van der Waals surface area contributed by atoms with Crippen molar-refractivity contribution in [2.24, 2.45) is 0 Å². The molecular formula is C13H16ClN3S. The van der Waals surface area contributed by atoms with E-state index in [0.717, 1.165) is 27.0 Å². The zero-order chi connectivity index (χ0) is 13.1. The molecule has 1 aromatic carbocycles. The number of halogens is 1. The van der Waals surface area contributed by atoms with Crippen LogP contribution in [0.2, 0.25) is 5.02 Å². The average molecular weight is 282 g/mol. The summed E-state index contributed by atoms with van der Waals surface area (Å²) in [7, 11) is 3.96. The number of thiophene rings is 1. The van der Waals surface area contributed by atoms with Crippen LogP contribution in [-0.2, 0) is 6.54 Å². The molecule has 0 atom stereocenters. The molecule has 2 aromatic rings.